The molecule has 1 N–H and O–H groups in total. The van der Waals surface area contributed by atoms with Crippen LogP contribution in [0.2, 0.25) is 5.02 Å². The summed E-state index contributed by atoms with van der Waals surface area (Å²) in [7, 11) is 0. The van der Waals surface area contributed by atoms with E-state index in [9.17, 15) is 0 Å². The van der Waals surface area contributed by atoms with Gasteiger partial charge in [-0.15, -0.1) is 11.3 Å². The Hall–Kier alpha value is -1.19. The molecule has 0 aliphatic heterocycles. The monoisotopic (exact) mass is 295 g/mol. The Morgan fingerprint density at radius 2 is 2.11 bits per heavy atom. The maximum absolute atomic E-state index is 6.19. The van der Waals surface area contributed by atoms with Crippen molar-refractivity contribution in [2.24, 2.45) is 0 Å². The van der Waals surface area contributed by atoms with Crippen molar-refractivity contribution in [3.63, 3.8) is 0 Å². The summed E-state index contributed by atoms with van der Waals surface area (Å²) in [4.78, 5) is 2.65. The molecule has 0 unspecified atom stereocenters. The Bertz CT molecular complexity index is 539. The van der Waals surface area contributed by atoms with Gasteiger partial charge in [0.2, 0.25) is 0 Å². The minimum Gasteiger partial charge on any atom is -0.492 e. The molecule has 1 aromatic heterocycles. The van der Waals surface area contributed by atoms with Crippen LogP contribution < -0.4 is 10.1 Å². The number of thiophene rings is 1. The van der Waals surface area contributed by atoms with Gasteiger partial charge in [0.25, 0.3) is 0 Å². The van der Waals surface area contributed by atoms with E-state index in [4.69, 9.17) is 16.3 Å². The van der Waals surface area contributed by atoms with Crippen LogP contribution >= 0.6 is 22.9 Å². The second-order valence-corrected chi connectivity index (χ2v) is 6.14. The van der Waals surface area contributed by atoms with Crippen LogP contribution in [0.15, 0.2) is 30.3 Å². The third kappa shape index (κ3) is 4.15. The van der Waals surface area contributed by atoms with E-state index in [0.29, 0.717) is 11.6 Å². The fourth-order valence-corrected chi connectivity index (χ4v) is 2.77. The van der Waals surface area contributed by atoms with Gasteiger partial charge in [-0.3, -0.25) is 0 Å². The normalized spacial score (nSPS) is 10.5. The average Bonchev–Trinajstić information content (AvgIpc) is 2.81. The zero-order valence-corrected chi connectivity index (χ0v) is 12.8. The lowest BCUT2D eigenvalue weighted by Gasteiger charge is -2.10. The van der Waals surface area contributed by atoms with E-state index in [-0.39, 0.29) is 0 Å². The van der Waals surface area contributed by atoms with E-state index in [1.54, 1.807) is 11.3 Å². The van der Waals surface area contributed by atoms with Crippen molar-refractivity contribution >= 4 is 28.6 Å². The Kier molecular flexibility index (Phi) is 5.11. The number of halogens is 1. The molecule has 0 spiro atoms. The zero-order valence-electron chi connectivity index (χ0n) is 11.2. The molecule has 0 bridgehead atoms. The molecule has 1 aromatic carbocycles. The van der Waals surface area contributed by atoms with E-state index in [1.807, 2.05) is 18.2 Å². The van der Waals surface area contributed by atoms with Crippen molar-refractivity contribution in [2.45, 2.75) is 26.8 Å². The van der Waals surface area contributed by atoms with Gasteiger partial charge in [0.1, 0.15) is 5.75 Å². The minimum atomic E-state index is 0.654. The highest BCUT2D eigenvalue weighted by atomic mass is 35.5. The summed E-state index contributed by atoms with van der Waals surface area (Å²) in [5.41, 5.74) is 1.01. The lowest BCUT2D eigenvalue weighted by Crippen LogP contribution is -1.99. The van der Waals surface area contributed by atoms with Crippen LogP contribution in [0.1, 0.15) is 23.1 Å². The van der Waals surface area contributed by atoms with Crippen molar-refractivity contribution in [3.05, 3.63) is 45.1 Å². The third-order valence-corrected chi connectivity index (χ3v) is 3.95. The van der Waals surface area contributed by atoms with Crippen LogP contribution in [0.3, 0.4) is 0 Å². The molecule has 0 saturated carbocycles. The van der Waals surface area contributed by atoms with Gasteiger partial charge in [-0.2, -0.15) is 0 Å². The van der Waals surface area contributed by atoms with Gasteiger partial charge in [0.15, 0.2) is 0 Å². The number of ether oxygens (including phenoxy) is 1. The van der Waals surface area contributed by atoms with E-state index in [0.717, 1.165) is 24.4 Å². The number of benzene rings is 1. The molecule has 2 aromatic rings. The quantitative estimate of drug-likeness (QED) is 0.799. The van der Waals surface area contributed by atoms with Gasteiger partial charge < -0.3 is 10.1 Å². The second kappa shape index (κ2) is 6.83. The second-order valence-electron chi connectivity index (χ2n) is 4.36. The summed E-state index contributed by atoms with van der Waals surface area (Å²) in [5.74, 6) is 0.751. The van der Waals surface area contributed by atoms with Crippen LogP contribution in [0.5, 0.6) is 5.75 Å². The number of hydrogen-bond donors (Lipinski definition) is 1. The fourth-order valence-electron chi connectivity index (χ4n) is 1.71. The topological polar surface area (TPSA) is 21.3 Å². The molecule has 19 heavy (non-hydrogen) atoms. The van der Waals surface area contributed by atoms with Gasteiger partial charge in [0, 0.05) is 22.0 Å². The standard InChI is InChI=1S/C15H18ClNOS/c1-3-8-18-15-7-5-12(9-14(15)16)17-10-13-6-4-11(2)19-13/h4-7,9,17H,3,8,10H2,1-2H3. The lowest BCUT2D eigenvalue weighted by molar-refractivity contribution is 0.317. The van der Waals surface area contributed by atoms with Gasteiger partial charge in [0.05, 0.1) is 11.6 Å². The lowest BCUT2D eigenvalue weighted by atomic mass is 10.3. The molecule has 0 amide bonds. The Morgan fingerprint density at radius 1 is 1.26 bits per heavy atom. The molecule has 2 rings (SSSR count). The molecule has 0 aliphatic rings. The predicted octanol–water partition coefficient (Wildman–Crippen LogP) is 5.11. The maximum Gasteiger partial charge on any atom is 0.138 e. The Morgan fingerprint density at radius 3 is 2.74 bits per heavy atom. The van der Waals surface area contributed by atoms with Crippen molar-refractivity contribution in [3.8, 4) is 5.75 Å². The number of nitrogens with one attached hydrogen (secondary N) is 1. The van der Waals surface area contributed by atoms with Crippen molar-refractivity contribution in [1.82, 2.24) is 0 Å². The summed E-state index contributed by atoms with van der Waals surface area (Å²) in [6.07, 6.45) is 0.980. The first kappa shape index (κ1) is 14.2. The molecular weight excluding hydrogens is 278 g/mol. The van der Waals surface area contributed by atoms with Crippen LogP contribution in [0.25, 0.3) is 0 Å². The number of hydrogen-bond acceptors (Lipinski definition) is 3. The molecule has 4 heteroatoms. The molecule has 0 saturated heterocycles. The van der Waals surface area contributed by atoms with Gasteiger partial charge in [-0.05, 0) is 43.7 Å². The highest BCUT2D eigenvalue weighted by Gasteiger charge is 2.03. The SMILES string of the molecule is CCCOc1ccc(NCc2ccc(C)s2)cc1Cl. The highest BCUT2D eigenvalue weighted by molar-refractivity contribution is 7.11. The first-order valence-corrected chi connectivity index (χ1v) is 7.60. The van der Waals surface area contributed by atoms with Crippen molar-refractivity contribution in [1.29, 1.82) is 0 Å². The number of rotatable bonds is 6. The summed E-state index contributed by atoms with van der Waals surface area (Å²) >= 11 is 7.99. The highest BCUT2D eigenvalue weighted by Crippen LogP contribution is 2.28. The molecule has 0 atom stereocenters. The van der Waals surface area contributed by atoms with Crippen LogP contribution in [0, 0.1) is 6.92 Å². The first-order valence-electron chi connectivity index (χ1n) is 6.40. The van der Waals surface area contributed by atoms with Gasteiger partial charge in [-0.1, -0.05) is 18.5 Å². The van der Waals surface area contributed by atoms with Crippen molar-refractivity contribution < 1.29 is 4.74 Å². The van der Waals surface area contributed by atoms with Crippen molar-refractivity contribution in [2.75, 3.05) is 11.9 Å². The van der Waals surface area contributed by atoms with Crippen LogP contribution in [-0.2, 0) is 6.54 Å². The summed E-state index contributed by atoms with van der Waals surface area (Å²) in [6.45, 7) is 5.71. The molecular formula is C15H18ClNOS. The molecule has 1 heterocycles. The summed E-state index contributed by atoms with van der Waals surface area (Å²) < 4.78 is 5.55. The first-order chi connectivity index (χ1) is 9.19. The number of anilines is 1. The third-order valence-electron chi connectivity index (χ3n) is 2.66. The summed E-state index contributed by atoms with van der Waals surface area (Å²) in [6, 6.07) is 10.1. The molecule has 0 radical (unpaired) electrons. The summed E-state index contributed by atoms with van der Waals surface area (Å²) in [5, 5.41) is 4.02. The van der Waals surface area contributed by atoms with Gasteiger partial charge in [-0.25, -0.2) is 0 Å². The van der Waals surface area contributed by atoms with Crippen LogP contribution in [0.4, 0.5) is 5.69 Å². The zero-order chi connectivity index (χ0) is 13.7. The number of aryl methyl sites for hydroxylation is 1. The minimum absolute atomic E-state index is 0.654. The van der Waals surface area contributed by atoms with Crippen LogP contribution in [-0.4, -0.2) is 6.61 Å². The fraction of sp³-hybridized carbons (Fsp3) is 0.333. The Balaban J connectivity index is 1.95. The van der Waals surface area contributed by atoms with E-state index in [2.05, 4.69) is 31.3 Å². The van der Waals surface area contributed by atoms with E-state index in [1.165, 1.54) is 9.75 Å². The molecule has 0 aliphatic carbocycles. The van der Waals surface area contributed by atoms with E-state index < -0.39 is 0 Å². The molecule has 2 nitrogen and oxygen atoms in total. The maximum atomic E-state index is 6.19. The van der Waals surface area contributed by atoms with E-state index >= 15 is 0 Å². The predicted molar refractivity (Wildman–Crippen MR) is 83.6 cm³/mol. The molecule has 102 valence electrons. The smallest absolute Gasteiger partial charge is 0.138 e. The average molecular weight is 296 g/mol. The van der Waals surface area contributed by atoms with Gasteiger partial charge >= 0.3 is 0 Å². The molecule has 0 fully saturated rings. The Labute approximate surface area is 123 Å². The largest absolute Gasteiger partial charge is 0.492 e.